The number of nitrogens with one attached hydrogen (secondary N) is 2. The Kier molecular flexibility index (Phi) is 6.34. The van der Waals surface area contributed by atoms with Crippen molar-refractivity contribution in [1.29, 1.82) is 0 Å². The van der Waals surface area contributed by atoms with Crippen molar-refractivity contribution in [2.45, 2.75) is 53.3 Å². The van der Waals surface area contributed by atoms with Crippen LogP contribution < -0.4 is 10.6 Å². The van der Waals surface area contributed by atoms with Crippen molar-refractivity contribution in [2.24, 2.45) is 5.92 Å². The van der Waals surface area contributed by atoms with E-state index in [4.69, 9.17) is 4.74 Å². The minimum Gasteiger partial charge on any atom is -0.444 e. The van der Waals surface area contributed by atoms with Gasteiger partial charge >= 0.3 is 6.09 Å². The lowest BCUT2D eigenvalue weighted by molar-refractivity contribution is -0.124. The summed E-state index contributed by atoms with van der Waals surface area (Å²) >= 11 is 0. The van der Waals surface area contributed by atoms with Gasteiger partial charge in [-0.1, -0.05) is 31.2 Å². The number of aryl methyl sites for hydroxylation is 1. The fourth-order valence-corrected chi connectivity index (χ4v) is 3.56. The zero-order valence-electron chi connectivity index (χ0n) is 18.4. The molecular formula is C24H31N3O3. The summed E-state index contributed by atoms with van der Waals surface area (Å²) in [5.41, 5.74) is 2.90. The monoisotopic (exact) mass is 409 g/mol. The Morgan fingerprint density at radius 2 is 1.73 bits per heavy atom. The van der Waals surface area contributed by atoms with E-state index in [1.165, 1.54) is 21.8 Å². The van der Waals surface area contributed by atoms with Crippen LogP contribution in [0.4, 0.5) is 4.79 Å². The first-order valence-electron chi connectivity index (χ1n) is 10.4. The highest BCUT2D eigenvalue weighted by molar-refractivity contribution is 6.08. The summed E-state index contributed by atoms with van der Waals surface area (Å²) in [6, 6.07) is 14.7. The molecule has 6 heteroatoms. The number of fused-ring (bicyclic) bond motifs is 3. The fraction of sp³-hybridized carbons (Fsp3) is 0.417. The van der Waals surface area contributed by atoms with Gasteiger partial charge in [0.15, 0.2) is 0 Å². The Morgan fingerprint density at radius 3 is 2.43 bits per heavy atom. The maximum absolute atomic E-state index is 12.4. The second kappa shape index (κ2) is 8.78. The minimum absolute atomic E-state index is 0.109. The molecule has 30 heavy (non-hydrogen) atoms. The molecule has 0 aliphatic carbocycles. The number of aromatic nitrogens is 1. The number of para-hydroxylation sites is 1. The van der Waals surface area contributed by atoms with E-state index in [0.717, 1.165) is 12.1 Å². The van der Waals surface area contributed by atoms with Crippen molar-refractivity contribution in [2.75, 3.05) is 6.54 Å². The molecule has 160 valence electrons. The molecule has 1 atom stereocenters. The largest absolute Gasteiger partial charge is 0.444 e. The van der Waals surface area contributed by atoms with Crippen LogP contribution in [0, 0.1) is 5.92 Å². The van der Waals surface area contributed by atoms with Gasteiger partial charge in [0, 0.05) is 41.4 Å². The first-order chi connectivity index (χ1) is 14.2. The summed E-state index contributed by atoms with van der Waals surface area (Å²) in [7, 11) is 0. The summed E-state index contributed by atoms with van der Waals surface area (Å²) in [4.78, 5) is 24.2. The topological polar surface area (TPSA) is 72.4 Å². The van der Waals surface area contributed by atoms with Gasteiger partial charge in [-0.25, -0.2) is 4.79 Å². The summed E-state index contributed by atoms with van der Waals surface area (Å²) in [6.07, 6.45) is -0.514. The molecule has 6 nitrogen and oxygen atoms in total. The van der Waals surface area contributed by atoms with E-state index in [0.29, 0.717) is 6.54 Å². The third-order valence-corrected chi connectivity index (χ3v) is 5.02. The van der Waals surface area contributed by atoms with Gasteiger partial charge in [0.25, 0.3) is 0 Å². The van der Waals surface area contributed by atoms with Crippen molar-refractivity contribution < 1.29 is 14.3 Å². The lowest BCUT2D eigenvalue weighted by Crippen LogP contribution is -2.39. The van der Waals surface area contributed by atoms with Crippen molar-refractivity contribution in [3.05, 3.63) is 48.0 Å². The van der Waals surface area contributed by atoms with Crippen LogP contribution >= 0.6 is 0 Å². The third kappa shape index (κ3) is 4.93. The van der Waals surface area contributed by atoms with Gasteiger partial charge < -0.3 is 19.9 Å². The molecule has 0 aliphatic heterocycles. The minimum atomic E-state index is -0.560. The van der Waals surface area contributed by atoms with Gasteiger partial charge in [-0.15, -0.1) is 0 Å². The Labute approximate surface area is 177 Å². The van der Waals surface area contributed by atoms with Gasteiger partial charge in [0.2, 0.25) is 5.91 Å². The van der Waals surface area contributed by atoms with E-state index in [2.05, 4.69) is 64.6 Å². The van der Waals surface area contributed by atoms with Crippen molar-refractivity contribution in [3.63, 3.8) is 0 Å². The van der Waals surface area contributed by atoms with E-state index in [1.54, 1.807) is 27.7 Å². The molecule has 0 bridgehead atoms. The molecule has 0 saturated heterocycles. The van der Waals surface area contributed by atoms with E-state index < -0.39 is 11.7 Å². The number of rotatable bonds is 6. The van der Waals surface area contributed by atoms with Crippen LogP contribution in [0.5, 0.6) is 0 Å². The van der Waals surface area contributed by atoms with Crippen LogP contribution in [0.1, 0.15) is 40.2 Å². The predicted octanol–water partition coefficient (Wildman–Crippen LogP) is 4.59. The normalized spacial score (nSPS) is 12.7. The van der Waals surface area contributed by atoms with Crippen LogP contribution in [0.2, 0.25) is 0 Å². The number of benzene rings is 2. The highest BCUT2D eigenvalue weighted by Gasteiger charge is 2.19. The SMILES string of the molecule is CCn1c2ccccc2c2cc(CNC(=O)C(C)CNC(=O)OC(C)(C)C)ccc21. The zero-order chi connectivity index (χ0) is 21.9. The fourth-order valence-electron chi connectivity index (χ4n) is 3.56. The second-order valence-corrected chi connectivity index (χ2v) is 8.61. The first-order valence-corrected chi connectivity index (χ1v) is 10.4. The Balaban J connectivity index is 1.63. The lowest BCUT2D eigenvalue weighted by atomic mass is 10.1. The van der Waals surface area contributed by atoms with Gasteiger partial charge in [-0.3, -0.25) is 4.79 Å². The predicted molar refractivity (Wildman–Crippen MR) is 120 cm³/mol. The molecule has 0 spiro atoms. The summed E-state index contributed by atoms with van der Waals surface area (Å²) < 4.78 is 7.50. The molecule has 0 radical (unpaired) electrons. The number of alkyl carbamates (subject to hydrolysis) is 1. The average molecular weight is 410 g/mol. The van der Waals surface area contributed by atoms with Crippen LogP contribution in [0.25, 0.3) is 21.8 Å². The van der Waals surface area contributed by atoms with Gasteiger partial charge in [0.1, 0.15) is 5.60 Å². The number of hydrogen-bond acceptors (Lipinski definition) is 3. The van der Waals surface area contributed by atoms with Gasteiger partial charge in [0.05, 0.1) is 5.92 Å². The summed E-state index contributed by atoms with van der Waals surface area (Å²) in [5, 5.41) is 8.03. The molecule has 0 fully saturated rings. The summed E-state index contributed by atoms with van der Waals surface area (Å²) in [6.45, 7) is 10.9. The number of nitrogens with zero attached hydrogens (tertiary/aromatic N) is 1. The van der Waals surface area contributed by atoms with Crippen LogP contribution in [-0.4, -0.2) is 28.7 Å². The molecule has 2 aromatic carbocycles. The Bertz CT molecular complexity index is 1060. The molecular weight excluding hydrogens is 378 g/mol. The smallest absolute Gasteiger partial charge is 0.407 e. The average Bonchev–Trinajstić information content (AvgIpc) is 3.02. The van der Waals surface area contributed by atoms with Crippen molar-refractivity contribution in [3.8, 4) is 0 Å². The van der Waals surface area contributed by atoms with Gasteiger partial charge in [-0.2, -0.15) is 0 Å². The molecule has 1 unspecified atom stereocenters. The molecule has 2 N–H and O–H groups in total. The molecule has 0 aliphatic rings. The Hall–Kier alpha value is -3.02. The quantitative estimate of drug-likeness (QED) is 0.625. The van der Waals surface area contributed by atoms with E-state index in [1.807, 2.05) is 0 Å². The molecule has 3 rings (SSSR count). The van der Waals surface area contributed by atoms with Crippen LogP contribution in [-0.2, 0) is 22.6 Å². The zero-order valence-corrected chi connectivity index (χ0v) is 18.4. The Morgan fingerprint density at radius 1 is 1.03 bits per heavy atom. The molecule has 1 aromatic heterocycles. The van der Waals surface area contributed by atoms with E-state index in [9.17, 15) is 9.59 Å². The third-order valence-electron chi connectivity index (χ3n) is 5.02. The highest BCUT2D eigenvalue weighted by atomic mass is 16.6. The number of hydrogen-bond donors (Lipinski definition) is 2. The maximum atomic E-state index is 12.4. The van der Waals surface area contributed by atoms with Gasteiger partial charge in [-0.05, 0) is 51.5 Å². The van der Waals surface area contributed by atoms with Crippen molar-refractivity contribution in [1.82, 2.24) is 15.2 Å². The number of carbonyl (C=O) groups excluding carboxylic acids is 2. The first kappa shape index (κ1) is 21.7. The van der Waals surface area contributed by atoms with Crippen molar-refractivity contribution >= 4 is 33.8 Å². The van der Waals surface area contributed by atoms with Crippen LogP contribution in [0.3, 0.4) is 0 Å². The lowest BCUT2D eigenvalue weighted by Gasteiger charge is -2.20. The maximum Gasteiger partial charge on any atom is 0.407 e. The second-order valence-electron chi connectivity index (χ2n) is 8.61. The highest BCUT2D eigenvalue weighted by Crippen LogP contribution is 2.29. The molecule has 2 amide bonds. The standard InChI is InChI=1S/C24H31N3O3/c1-6-27-20-10-8-7-9-18(20)19-13-17(11-12-21(19)27)15-25-22(28)16(2)14-26-23(29)30-24(3,4)5/h7-13,16H,6,14-15H2,1-5H3,(H,25,28)(H,26,29). The number of amides is 2. The summed E-state index contributed by atoms with van der Waals surface area (Å²) in [5.74, 6) is -0.467. The molecule has 1 heterocycles. The molecule has 3 aromatic rings. The van der Waals surface area contributed by atoms with Crippen LogP contribution in [0.15, 0.2) is 42.5 Å². The molecule has 0 saturated carbocycles. The van der Waals surface area contributed by atoms with E-state index >= 15 is 0 Å². The van der Waals surface area contributed by atoms with E-state index in [-0.39, 0.29) is 18.4 Å². The number of ether oxygens (including phenoxy) is 1. The number of carbonyl (C=O) groups is 2.